The fourth-order valence-electron chi connectivity index (χ4n) is 0. The maximum atomic E-state index is 4.31. The minimum absolute atomic E-state index is 0. The molecule has 0 amide bonds. The van der Waals surface area contributed by atoms with E-state index in [4.69, 9.17) is 0 Å². The smallest absolute Gasteiger partial charge is 0 e. The first-order valence-electron chi connectivity index (χ1n) is 0.218. The summed E-state index contributed by atoms with van der Waals surface area (Å²) in [5.74, 6) is 0. The predicted octanol–water partition coefficient (Wildman–Crippen LogP) is -0.598. The third-order valence-corrected chi connectivity index (χ3v) is 0. The van der Waals surface area contributed by atoms with E-state index in [1.54, 1.807) is 0 Å². The monoisotopic (exact) mass is 188 g/mol. The zero-order valence-electron chi connectivity index (χ0n) is 1.60. The summed E-state index contributed by atoms with van der Waals surface area (Å²) < 4.78 is 4.31. The zero-order chi connectivity index (χ0) is 2.00. The molecule has 2 N–H and O–H groups in total. The molecule has 4 heteroatoms. The van der Waals surface area contributed by atoms with Gasteiger partial charge in [0.15, 0.2) is 0 Å². The van der Waals surface area contributed by atoms with E-state index < -0.39 is 0 Å². The standard InChI is InChI=1S/Co.Mn.H2N.Ni/h;;1H2;/q;+1;-1;. The van der Waals surface area contributed by atoms with E-state index in [-0.39, 0.29) is 33.3 Å². The molecule has 0 aliphatic heterocycles. The molecule has 0 aliphatic rings. The number of rotatable bonds is 0. The third kappa shape index (κ3) is 9.77. The summed E-state index contributed by atoms with van der Waals surface area (Å²) in [4.78, 5) is 0. The minimum Gasteiger partial charge on any atom is 0 e. The quantitative estimate of drug-likeness (QED) is 0.505. The van der Waals surface area contributed by atoms with Crippen LogP contribution in [0.2, 0.25) is 0 Å². The van der Waals surface area contributed by atoms with Crippen molar-refractivity contribution in [3.05, 3.63) is 0 Å². The second-order valence-electron chi connectivity index (χ2n) is 0. The summed E-state index contributed by atoms with van der Waals surface area (Å²) in [6.07, 6.45) is 0. The maximum Gasteiger partial charge on any atom is 0 e. The average molecular weight is 189 g/mol. The minimum atomic E-state index is 0. The van der Waals surface area contributed by atoms with Crippen molar-refractivity contribution in [3.8, 4) is 0 Å². The fraction of sp³-hybridized carbons (Fsp3) is 0. The zero-order valence-corrected chi connectivity index (χ0v) is 4.81. The van der Waals surface area contributed by atoms with Gasteiger partial charge in [-0.3, -0.25) is 0 Å². The van der Waals surface area contributed by atoms with Gasteiger partial charge in [0.1, 0.15) is 0 Å². The van der Waals surface area contributed by atoms with Gasteiger partial charge in [-0.1, -0.05) is 0 Å². The molecule has 1 nitrogen and oxygen atoms in total. The van der Waals surface area contributed by atoms with Crippen LogP contribution < -0.4 is 4.75 Å². The first-order valence-corrected chi connectivity index (χ1v) is 0.900. The Kier molecular flexibility index (Phi) is 111. The molecule has 0 rings (SSSR count). The summed E-state index contributed by atoms with van der Waals surface area (Å²) in [5.41, 5.74) is 0. The van der Waals surface area contributed by atoms with Gasteiger partial charge in [-0.15, -0.1) is 0 Å². The van der Waals surface area contributed by atoms with Crippen molar-refractivity contribution < 1.29 is 49.5 Å². The Balaban J connectivity index is -0.00000000500. The summed E-state index contributed by atoms with van der Waals surface area (Å²) in [5, 5.41) is 0. The van der Waals surface area contributed by atoms with E-state index in [0.29, 0.717) is 0 Å². The largest absolute Gasteiger partial charge is 0 e. The van der Waals surface area contributed by atoms with E-state index in [1.807, 2.05) is 0 Å². The van der Waals surface area contributed by atoms with Gasteiger partial charge < -0.3 is 0 Å². The van der Waals surface area contributed by atoms with Gasteiger partial charge in [0.2, 0.25) is 0 Å². The van der Waals surface area contributed by atoms with E-state index in [2.05, 4.69) is 21.0 Å². The average Bonchev–Trinajstić information content (AvgIpc) is 1.00. The predicted molar refractivity (Wildman–Crippen MR) is 4.19 cm³/mol. The second-order valence-corrected chi connectivity index (χ2v) is 0. The Labute approximate surface area is 54.2 Å². The van der Waals surface area contributed by atoms with Crippen molar-refractivity contribution in [1.29, 1.82) is 0 Å². The summed E-state index contributed by atoms with van der Waals surface area (Å²) in [6, 6.07) is 0. The number of nitrogens with two attached hydrogens (primary N) is 1. The first kappa shape index (κ1) is 17.9. The van der Waals surface area contributed by atoms with Crippen LogP contribution in [-0.4, -0.2) is 0 Å². The van der Waals surface area contributed by atoms with E-state index >= 15 is 0 Å². The molecule has 33 valence electrons. The molecule has 0 saturated carbocycles. The van der Waals surface area contributed by atoms with Crippen LogP contribution in [0.5, 0.6) is 0 Å². The molecule has 0 aliphatic carbocycles. The topological polar surface area (TPSA) is 26.0 Å². The first-order chi connectivity index (χ1) is 1.00. The molecule has 4 heavy (non-hydrogen) atoms. The van der Waals surface area contributed by atoms with Crippen LogP contribution in [0.1, 0.15) is 0 Å². The third-order valence-electron chi connectivity index (χ3n) is 0. The van der Waals surface area contributed by atoms with Gasteiger partial charge >= 0.3 is 21.0 Å². The molecule has 0 aromatic rings. The van der Waals surface area contributed by atoms with Gasteiger partial charge in [0.25, 0.3) is 0 Å². The second kappa shape index (κ2) is 24.8. The van der Waals surface area contributed by atoms with Crippen molar-refractivity contribution in [2.75, 3.05) is 0 Å². The molecule has 0 saturated heterocycles. The fourth-order valence-corrected chi connectivity index (χ4v) is 0. The van der Waals surface area contributed by atoms with E-state index in [9.17, 15) is 0 Å². The Bertz CT molecular complexity index is 8.00. The van der Waals surface area contributed by atoms with Crippen LogP contribution in [0.25, 0.3) is 0 Å². The van der Waals surface area contributed by atoms with Crippen molar-refractivity contribution in [2.45, 2.75) is 0 Å². The molecule has 0 atom stereocenters. The normalized spacial score (nSPS) is 1.50. The molecule has 0 heterocycles. The van der Waals surface area contributed by atoms with Crippen LogP contribution in [-0.2, 0) is 49.5 Å². The summed E-state index contributed by atoms with van der Waals surface area (Å²) in [7, 11) is 0. The van der Waals surface area contributed by atoms with Gasteiger partial charge in [0.05, 0.1) is 0 Å². The van der Waals surface area contributed by atoms with Crippen LogP contribution in [0.3, 0.4) is 0 Å². The number of hydrogen-bond acceptors (Lipinski definition) is 1. The van der Waals surface area contributed by atoms with Crippen molar-refractivity contribution in [3.63, 3.8) is 0 Å². The van der Waals surface area contributed by atoms with Gasteiger partial charge in [0, 0.05) is 33.3 Å². The van der Waals surface area contributed by atoms with Gasteiger partial charge in [-0.25, -0.2) is 0 Å². The molecule has 0 spiro atoms. The maximum absolute atomic E-state index is 4.31. The molecule has 1 radical (unpaired) electrons. The van der Waals surface area contributed by atoms with E-state index in [1.165, 1.54) is 0 Å². The van der Waals surface area contributed by atoms with Crippen LogP contribution in [0.4, 0.5) is 0 Å². The SMILES string of the molecule is [Co].[NH2][Mn].[Ni]. The van der Waals surface area contributed by atoms with Crippen LogP contribution in [0, 0.1) is 0 Å². The summed E-state index contributed by atoms with van der Waals surface area (Å²) in [6.45, 7) is 0. The van der Waals surface area contributed by atoms with E-state index in [0.717, 1.165) is 0 Å². The molecular formula is H2CoMnNNi. The Morgan fingerprint density at radius 2 is 1.25 bits per heavy atom. The van der Waals surface area contributed by atoms with Crippen LogP contribution in [0.15, 0.2) is 0 Å². The summed E-state index contributed by atoms with van der Waals surface area (Å²) >= 11 is 2.44. The molecule has 0 aromatic carbocycles. The number of hydrogen-bond donors (Lipinski definition) is 1. The van der Waals surface area contributed by atoms with Gasteiger partial charge in [-0.05, 0) is 0 Å². The molecular weight excluding hydrogens is 187 g/mol. The molecule has 0 unspecified atom stereocenters. The molecule has 0 fully saturated rings. The Morgan fingerprint density at radius 3 is 1.25 bits per heavy atom. The van der Waals surface area contributed by atoms with Crippen LogP contribution >= 0.6 is 0 Å². The van der Waals surface area contributed by atoms with Gasteiger partial charge in [-0.2, -0.15) is 0 Å². The molecule has 0 bridgehead atoms. The molecule has 0 aromatic heterocycles. The Morgan fingerprint density at radius 1 is 1.25 bits per heavy atom. The van der Waals surface area contributed by atoms with Crippen molar-refractivity contribution in [2.24, 2.45) is 4.75 Å². The Hall–Kier alpha value is 1.48. The van der Waals surface area contributed by atoms with Crippen molar-refractivity contribution >= 4 is 0 Å². The van der Waals surface area contributed by atoms with Crippen molar-refractivity contribution in [1.82, 2.24) is 0 Å².